The van der Waals surface area contributed by atoms with E-state index in [2.05, 4.69) is 9.97 Å². The molecule has 100 valence electrons. The first-order valence-corrected chi connectivity index (χ1v) is 5.69. The predicted octanol–water partition coefficient (Wildman–Crippen LogP) is 2.71. The molecule has 0 N–H and O–H groups in total. The molecule has 0 radical (unpaired) electrons. The molecule has 8 heteroatoms. The number of alkyl halides is 3. The second kappa shape index (κ2) is 5.27. The van der Waals surface area contributed by atoms with Crippen molar-refractivity contribution in [3.05, 3.63) is 17.0 Å². The Labute approximate surface area is 106 Å². The summed E-state index contributed by atoms with van der Waals surface area (Å²) in [6.07, 6.45) is -3.62. The maximum absolute atomic E-state index is 12.5. The third-order valence-electron chi connectivity index (χ3n) is 2.38. The van der Waals surface area contributed by atoms with E-state index in [9.17, 15) is 13.2 Å². The molecule has 1 aromatic rings. The number of ether oxygens (including phenoxy) is 2. The van der Waals surface area contributed by atoms with Crippen LogP contribution in [0.4, 0.5) is 13.2 Å². The van der Waals surface area contributed by atoms with E-state index in [0.29, 0.717) is 26.1 Å². The lowest BCUT2D eigenvalue weighted by molar-refractivity contribution is -0.145. The lowest BCUT2D eigenvalue weighted by atomic mass is 10.2. The zero-order chi connectivity index (χ0) is 13.2. The van der Waals surface area contributed by atoms with Crippen LogP contribution in [0.1, 0.15) is 18.7 Å². The summed E-state index contributed by atoms with van der Waals surface area (Å²) < 4.78 is 47.9. The quantitative estimate of drug-likeness (QED) is 0.782. The van der Waals surface area contributed by atoms with Crippen LogP contribution in [0, 0.1) is 0 Å². The molecule has 0 atom stereocenters. The molecule has 0 amide bonds. The average Bonchev–Trinajstić information content (AvgIpc) is 2.28. The minimum Gasteiger partial charge on any atom is -0.474 e. The number of rotatable bonds is 2. The maximum atomic E-state index is 12.5. The zero-order valence-electron chi connectivity index (χ0n) is 9.21. The first kappa shape index (κ1) is 13.4. The Hall–Kier alpha value is -1.08. The largest absolute Gasteiger partial charge is 0.474 e. The van der Waals surface area contributed by atoms with Gasteiger partial charge in [-0.25, -0.2) is 4.98 Å². The van der Waals surface area contributed by atoms with Crippen molar-refractivity contribution in [3.8, 4) is 5.88 Å². The molecule has 0 saturated carbocycles. The van der Waals surface area contributed by atoms with E-state index in [4.69, 9.17) is 21.1 Å². The van der Waals surface area contributed by atoms with Crippen LogP contribution in [0.5, 0.6) is 5.88 Å². The van der Waals surface area contributed by atoms with Gasteiger partial charge in [0.15, 0.2) is 0 Å². The molecule has 1 fully saturated rings. The number of hydrogen-bond donors (Lipinski definition) is 0. The van der Waals surface area contributed by atoms with Gasteiger partial charge in [-0.05, 0) is 0 Å². The Morgan fingerprint density at radius 3 is 2.56 bits per heavy atom. The van der Waals surface area contributed by atoms with Gasteiger partial charge in [-0.2, -0.15) is 18.2 Å². The predicted molar refractivity (Wildman–Crippen MR) is 56.5 cm³/mol. The highest BCUT2D eigenvalue weighted by atomic mass is 35.5. The van der Waals surface area contributed by atoms with Gasteiger partial charge in [-0.15, -0.1) is 0 Å². The van der Waals surface area contributed by atoms with Crippen molar-refractivity contribution in [2.24, 2.45) is 0 Å². The smallest absolute Gasteiger partial charge is 0.451 e. The lowest BCUT2D eigenvalue weighted by Gasteiger charge is -2.22. The number of hydrogen-bond acceptors (Lipinski definition) is 4. The van der Waals surface area contributed by atoms with Crippen LogP contribution in [-0.2, 0) is 10.9 Å². The summed E-state index contributed by atoms with van der Waals surface area (Å²) in [5, 5.41) is -0.292. The zero-order valence-corrected chi connectivity index (χ0v) is 9.96. The van der Waals surface area contributed by atoms with Crippen LogP contribution < -0.4 is 4.74 Å². The van der Waals surface area contributed by atoms with Crippen molar-refractivity contribution in [1.29, 1.82) is 0 Å². The number of aromatic nitrogens is 2. The van der Waals surface area contributed by atoms with Crippen molar-refractivity contribution >= 4 is 11.6 Å². The molecular formula is C10H10ClF3N2O2. The maximum Gasteiger partial charge on any atom is 0.451 e. The van der Waals surface area contributed by atoms with Crippen molar-refractivity contribution in [2.75, 3.05) is 13.2 Å². The van der Waals surface area contributed by atoms with E-state index in [0.717, 1.165) is 0 Å². The van der Waals surface area contributed by atoms with Crippen LogP contribution >= 0.6 is 11.6 Å². The van der Waals surface area contributed by atoms with Crippen LogP contribution in [-0.4, -0.2) is 29.3 Å². The fraction of sp³-hybridized carbons (Fsp3) is 0.600. The summed E-state index contributed by atoms with van der Waals surface area (Å²) >= 11 is 5.52. The van der Waals surface area contributed by atoms with Crippen molar-refractivity contribution in [1.82, 2.24) is 9.97 Å². The Balaban J connectivity index is 2.14. The highest BCUT2D eigenvalue weighted by Crippen LogP contribution is 2.29. The first-order chi connectivity index (χ1) is 8.45. The monoisotopic (exact) mass is 282 g/mol. The molecule has 0 aliphatic carbocycles. The van der Waals surface area contributed by atoms with Crippen molar-refractivity contribution in [3.63, 3.8) is 0 Å². The molecule has 1 aliphatic heterocycles. The van der Waals surface area contributed by atoms with Crippen molar-refractivity contribution in [2.45, 2.75) is 25.1 Å². The molecule has 2 heterocycles. The van der Waals surface area contributed by atoms with E-state index in [1.54, 1.807) is 0 Å². The molecule has 4 nitrogen and oxygen atoms in total. The summed E-state index contributed by atoms with van der Waals surface area (Å²) in [5.74, 6) is -1.45. The van der Waals surface area contributed by atoms with E-state index in [-0.39, 0.29) is 17.1 Å². The van der Waals surface area contributed by atoms with Crippen LogP contribution in [0.2, 0.25) is 5.15 Å². The standard InChI is InChI=1S/C10H10ClF3N2O2/c11-7-5-8(16-9(15-7)10(12,13)14)18-6-1-3-17-4-2-6/h5-6H,1-4H2. The fourth-order valence-corrected chi connectivity index (χ4v) is 1.72. The lowest BCUT2D eigenvalue weighted by Crippen LogP contribution is -2.26. The minimum absolute atomic E-state index is 0.158. The highest BCUT2D eigenvalue weighted by Gasteiger charge is 2.35. The molecule has 0 unspecified atom stereocenters. The third-order valence-corrected chi connectivity index (χ3v) is 2.57. The van der Waals surface area contributed by atoms with E-state index in [1.165, 1.54) is 6.07 Å². The summed E-state index contributed by atoms with van der Waals surface area (Å²) in [6, 6.07) is 1.17. The topological polar surface area (TPSA) is 44.2 Å². The van der Waals surface area contributed by atoms with Gasteiger partial charge in [0.1, 0.15) is 11.3 Å². The van der Waals surface area contributed by atoms with Gasteiger partial charge in [0.25, 0.3) is 0 Å². The highest BCUT2D eigenvalue weighted by molar-refractivity contribution is 6.29. The Morgan fingerprint density at radius 1 is 1.28 bits per heavy atom. The molecular weight excluding hydrogens is 273 g/mol. The molecule has 0 aromatic carbocycles. The Bertz CT molecular complexity index is 422. The fourth-order valence-electron chi connectivity index (χ4n) is 1.55. The number of nitrogens with zero attached hydrogens (tertiary/aromatic N) is 2. The Morgan fingerprint density at radius 2 is 1.94 bits per heavy atom. The molecule has 18 heavy (non-hydrogen) atoms. The normalized spacial score (nSPS) is 17.8. The van der Waals surface area contributed by atoms with Crippen LogP contribution in [0.3, 0.4) is 0 Å². The average molecular weight is 283 g/mol. The minimum atomic E-state index is -4.64. The van der Waals surface area contributed by atoms with E-state index < -0.39 is 12.0 Å². The molecule has 0 bridgehead atoms. The summed E-state index contributed by atoms with van der Waals surface area (Å²) in [5.41, 5.74) is 0. The van der Waals surface area contributed by atoms with Gasteiger partial charge >= 0.3 is 6.18 Å². The molecule has 2 rings (SSSR count). The van der Waals surface area contributed by atoms with Gasteiger partial charge in [-0.1, -0.05) is 11.6 Å². The SMILES string of the molecule is FC(F)(F)c1nc(Cl)cc(OC2CCOCC2)n1. The second-order valence-electron chi connectivity index (χ2n) is 3.78. The molecule has 1 aliphatic rings. The summed E-state index contributed by atoms with van der Waals surface area (Å²) in [6.45, 7) is 1.05. The van der Waals surface area contributed by atoms with E-state index >= 15 is 0 Å². The van der Waals surface area contributed by atoms with Gasteiger partial charge in [0, 0.05) is 18.9 Å². The molecule has 0 spiro atoms. The van der Waals surface area contributed by atoms with Gasteiger partial charge < -0.3 is 9.47 Å². The third kappa shape index (κ3) is 3.46. The van der Waals surface area contributed by atoms with Crippen LogP contribution in [0.15, 0.2) is 6.07 Å². The Kier molecular flexibility index (Phi) is 3.91. The van der Waals surface area contributed by atoms with Crippen molar-refractivity contribution < 1.29 is 22.6 Å². The second-order valence-corrected chi connectivity index (χ2v) is 4.17. The van der Waals surface area contributed by atoms with Crippen LogP contribution in [0.25, 0.3) is 0 Å². The van der Waals surface area contributed by atoms with Gasteiger partial charge in [0.2, 0.25) is 11.7 Å². The number of halogens is 4. The first-order valence-electron chi connectivity index (χ1n) is 5.31. The summed E-state index contributed by atoms with van der Waals surface area (Å²) in [7, 11) is 0. The molecule has 1 saturated heterocycles. The van der Waals surface area contributed by atoms with Gasteiger partial charge in [0.05, 0.1) is 13.2 Å². The van der Waals surface area contributed by atoms with E-state index in [1.807, 2.05) is 0 Å². The molecule has 1 aromatic heterocycles. The van der Waals surface area contributed by atoms with Gasteiger partial charge in [-0.3, -0.25) is 0 Å². The summed E-state index contributed by atoms with van der Waals surface area (Å²) in [4.78, 5) is 6.44.